The van der Waals surface area contributed by atoms with E-state index < -0.39 is 0 Å². The van der Waals surface area contributed by atoms with Crippen LogP contribution in [0.1, 0.15) is 32.8 Å². The molecule has 0 atom stereocenters. The molecule has 0 aliphatic heterocycles. The number of aromatic nitrogens is 2. The summed E-state index contributed by atoms with van der Waals surface area (Å²) in [5.74, 6) is 0. The number of nitrogens with one attached hydrogen (secondary N) is 1. The van der Waals surface area contributed by atoms with Crippen molar-refractivity contribution in [3.05, 3.63) is 18.0 Å². The van der Waals surface area contributed by atoms with Gasteiger partial charge in [0.15, 0.2) is 0 Å². The topological polar surface area (TPSA) is 29.9 Å². The lowest BCUT2D eigenvalue weighted by atomic mass is 10.2. The third-order valence-electron chi connectivity index (χ3n) is 2.11. The highest BCUT2D eigenvalue weighted by atomic mass is 15.3. The zero-order valence-corrected chi connectivity index (χ0v) is 9.45. The maximum atomic E-state index is 4.29. The van der Waals surface area contributed by atoms with E-state index in [1.54, 1.807) is 0 Å². The van der Waals surface area contributed by atoms with Crippen molar-refractivity contribution in [1.29, 1.82) is 0 Å². The van der Waals surface area contributed by atoms with E-state index in [0.29, 0.717) is 6.04 Å². The summed E-state index contributed by atoms with van der Waals surface area (Å²) in [4.78, 5) is 0. The Labute approximate surface area is 86.5 Å². The Balaban J connectivity index is 2.28. The molecule has 80 valence electrons. The third-order valence-corrected chi connectivity index (χ3v) is 2.11. The predicted octanol–water partition coefficient (Wildman–Crippen LogP) is 1.83. The van der Waals surface area contributed by atoms with E-state index in [2.05, 4.69) is 37.4 Å². The van der Waals surface area contributed by atoms with Crippen molar-refractivity contribution in [1.82, 2.24) is 15.1 Å². The molecule has 0 amide bonds. The molecule has 0 radical (unpaired) electrons. The quantitative estimate of drug-likeness (QED) is 0.750. The average molecular weight is 195 g/mol. The summed E-state index contributed by atoms with van der Waals surface area (Å²) < 4.78 is 2.02. The molecule has 0 aliphatic carbocycles. The third kappa shape index (κ3) is 3.92. The molecule has 0 unspecified atom stereocenters. The average Bonchev–Trinajstić information content (AvgIpc) is 2.53. The molecule has 0 aromatic carbocycles. The summed E-state index contributed by atoms with van der Waals surface area (Å²) in [5, 5.41) is 7.69. The standard InChI is InChI=1S/C11H21N3/c1-4-7-14-9-11(8-13-14)5-6-12-10(2)3/h8-10,12H,4-7H2,1-3H3. The van der Waals surface area contributed by atoms with Gasteiger partial charge in [-0.25, -0.2) is 0 Å². The van der Waals surface area contributed by atoms with Crippen molar-refractivity contribution in [2.75, 3.05) is 6.54 Å². The molecule has 0 bridgehead atoms. The predicted molar refractivity (Wildman–Crippen MR) is 59.4 cm³/mol. The molecule has 1 aromatic rings. The molecule has 0 aliphatic rings. The highest BCUT2D eigenvalue weighted by Gasteiger charge is 1.98. The van der Waals surface area contributed by atoms with Crippen LogP contribution in [0.2, 0.25) is 0 Å². The van der Waals surface area contributed by atoms with Gasteiger partial charge in [0.2, 0.25) is 0 Å². The Kier molecular flexibility index (Phi) is 4.66. The van der Waals surface area contributed by atoms with Crippen LogP contribution in [0.15, 0.2) is 12.4 Å². The Morgan fingerprint density at radius 3 is 2.93 bits per heavy atom. The zero-order valence-electron chi connectivity index (χ0n) is 9.45. The molecule has 0 fully saturated rings. The molecule has 3 nitrogen and oxygen atoms in total. The van der Waals surface area contributed by atoms with Crippen LogP contribution in [-0.2, 0) is 13.0 Å². The van der Waals surface area contributed by atoms with Crippen LogP contribution < -0.4 is 5.32 Å². The van der Waals surface area contributed by atoms with Gasteiger partial charge in [-0.05, 0) is 24.9 Å². The lowest BCUT2D eigenvalue weighted by Crippen LogP contribution is -2.24. The van der Waals surface area contributed by atoms with E-state index >= 15 is 0 Å². The first-order valence-electron chi connectivity index (χ1n) is 5.47. The monoisotopic (exact) mass is 195 g/mol. The zero-order chi connectivity index (χ0) is 10.4. The molecular formula is C11H21N3. The van der Waals surface area contributed by atoms with Gasteiger partial charge < -0.3 is 5.32 Å². The largest absolute Gasteiger partial charge is 0.314 e. The first-order valence-corrected chi connectivity index (χ1v) is 5.47. The van der Waals surface area contributed by atoms with Crippen LogP contribution in [0, 0.1) is 0 Å². The Hall–Kier alpha value is -0.830. The van der Waals surface area contributed by atoms with Gasteiger partial charge in [0.25, 0.3) is 0 Å². The summed E-state index contributed by atoms with van der Waals surface area (Å²) in [5.41, 5.74) is 1.33. The van der Waals surface area contributed by atoms with Gasteiger partial charge in [0.05, 0.1) is 6.20 Å². The van der Waals surface area contributed by atoms with Crippen LogP contribution in [0.25, 0.3) is 0 Å². The fourth-order valence-corrected chi connectivity index (χ4v) is 1.39. The van der Waals surface area contributed by atoms with E-state index in [4.69, 9.17) is 0 Å². The Bertz CT molecular complexity index is 253. The number of hydrogen-bond acceptors (Lipinski definition) is 2. The van der Waals surface area contributed by atoms with Crippen molar-refractivity contribution >= 4 is 0 Å². The maximum Gasteiger partial charge on any atom is 0.0522 e. The normalized spacial score (nSPS) is 11.1. The summed E-state index contributed by atoms with van der Waals surface area (Å²) in [6.07, 6.45) is 6.33. The molecule has 1 rings (SSSR count). The molecule has 1 aromatic heterocycles. The van der Waals surface area contributed by atoms with E-state index in [1.807, 2.05) is 10.9 Å². The molecule has 3 heteroatoms. The first-order chi connectivity index (χ1) is 6.72. The number of rotatable bonds is 6. The SMILES string of the molecule is CCCn1cc(CCNC(C)C)cn1. The van der Waals surface area contributed by atoms with Crippen molar-refractivity contribution in [2.24, 2.45) is 0 Å². The molecule has 14 heavy (non-hydrogen) atoms. The van der Waals surface area contributed by atoms with Crippen LogP contribution in [-0.4, -0.2) is 22.4 Å². The first kappa shape index (κ1) is 11.2. The van der Waals surface area contributed by atoms with E-state index in [9.17, 15) is 0 Å². The van der Waals surface area contributed by atoms with Crippen LogP contribution in [0.3, 0.4) is 0 Å². The van der Waals surface area contributed by atoms with Gasteiger partial charge in [0, 0.05) is 18.8 Å². The van der Waals surface area contributed by atoms with Crippen molar-refractivity contribution < 1.29 is 0 Å². The molecule has 1 N–H and O–H groups in total. The van der Waals surface area contributed by atoms with Crippen molar-refractivity contribution in [2.45, 2.75) is 46.2 Å². The molecule has 0 saturated heterocycles. The molecule has 0 spiro atoms. The van der Waals surface area contributed by atoms with Crippen LogP contribution in [0.5, 0.6) is 0 Å². The molecular weight excluding hydrogens is 174 g/mol. The lowest BCUT2D eigenvalue weighted by molar-refractivity contribution is 0.588. The Morgan fingerprint density at radius 2 is 2.29 bits per heavy atom. The van der Waals surface area contributed by atoms with Gasteiger partial charge in [-0.1, -0.05) is 20.8 Å². The summed E-state index contributed by atoms with van der Waals surface area (Å²) in [7, 11) is 0. The number of aryl methyl sites for hydroxylation is 1. The summed E-state index contributed by atoms with van der Waals surface area (Å²) >= 11 is 0. The minimum absolute atomic E-state index is 0.570. The van der Waals surface area contributed by atoms with Crippen molar-refractivity contribution in [3.8, 4) is 0 Å². The minimum Gasteiger partial charge on any atom is -0.314 e. The highest BCUT2D eigenvalue weighted by Crippen LogP contribution is 1.99. The second-order valence-electron chi connectivity index (χ2n) is 3.97. The number of hydrogen-bond donors (Lipinski definition) is 1. The van der Waals surface area contributed by atoms with Crippen molar-refractivity contribution in [3.63, 3.8) is 0 Å². The van der Waals surface area contributed by atoms with Gasteiger partial charge in [-0.3, -0.25) is 4.68 Å². The van der Waals surface area contributed by atoms with E-state index in [-0.39, 0.29) is 0 Å². The second-order valence-corrected chi connectivity index (χ2v) is 3.97. The van der Waals surface area contributed by atoms with E-state index in [1.165, 1.54) is 5.56 Å². The fourth-order valence-electron chi connectivity index (χ4n) is 1.39. The second kappa shape index (κ2) is 5.81. The highest BCUT2D eigenvalue weighted by molar-refractivity contribution is 5.04. The minimum atomic E-state index is 0.570. The van der Waals surface area contributed by atoms with Crippen LogP contribution in [0.4, 0.5) is 0 Å². The fraction of sp³-hybridized carbons (Fsp3) is 0.727. The molecule has 1 heterocycles. The Morgan fingerprint density at radius 1 is 1.50 bits per heavy atom. The van der Waals surface area contributed by atoms with Crippen LogP contribution >= 0.6 is 0 Å². The van der Waals surface area contributed by atoms with Gasteiger partial charge >= 0.3 is 0 Å². The summed E-state index contributed by atoms with van der Waals surface area (Å²) in [6.45, 7) is 8.57. The summed E-state index contributed by atoms with van der Waals surface area (Å²) in [6, 6.07) is 0.570. The maximum absolute atomic E-state index is 4.29. The molecule has 0 saturated carbocycles. The lowest BCUT2D eigenvalue weighted by Gasteiger charge is -2.05. The van der Waals surface area contributed by atoms with Gasteiger partial charge in [0.1, 0.15) is 0 Å². The van der Waals surface area contributed by atoms with E-state index in [0.717, 1.165) is 25.9 Å². The smallest absolute Gasteiger partial charge is 0.0522 e. The van der Waals surface area contributed by atoms with Gasteiger partial charge in [-0.15, -0.1) is 0 Å². The van der Waals surface area contributed by atoms with Gasteiger partial charge in [-0.2, -0.15) is 5.10 Å². The number of nitrogens with zero attached hydrogens (tertiary/aromatic N) is 2.